The molecule has 4 rings (SSSR count). The van der Waals surface area contributed by atoms with E-state index >= 15 is 0 Å². The van der Waals surface area contributed by atoms with E-state index in [2.05, 4.69) is 22.3 Å². The topological polar surface area (TPSA) is 74.7 Å². The first-order valence-corrected chi connectivity index (χ1v) is 12.2. The summed E-state index contributed by atoms with van der Waals surface area (Å²) in [5.41, 5.74) is 2.62. The highest BCUT2D eigenvalue weighted by molar-refractivity contribution is 6.31. The number of amides is 2. The summed E-state index contributed by atoms with van der Waals surface area (Å²) in [6, 6.07) is 10.1. The first-order valence-electron chi connectivity index (χ1n) is 11.9. The first-order chi connectivity index (χ1) is 16.2. The van der Waals surface area contributed by atoms with Gasteiger partial charge in [0.25, 0.3) is 11.5 Å². The van der Waals surface area contributed by atoms with E-state index in [4.69, 9.17) is 11.6 Å². The Bertz CT molecular complexity index is 1100. The van der Waals surface area contributed by atoms with Gasteiger partial charge in [0.1, 0.15) is 5.02 Å². The lowest BCUT2D eigenvalue weighted by Crippen LogP contribution is -2.36. The van der Waals surface area contributed by atoms with Crippen LogP contribution in [-0.4, -0.2) is 58.9 Å². The molecule has 1 unspecified atom stereocenters. The van der Waals surface area contributed by atoms with Crippen molar-refractivity contribution in [3.8, 4) is 0 Å². The van der Waals surface area contributed by atoms with Crippen molar-refractivity contribution in [2.75, 3.05) is 32.7 Å². The monoisotopic (exact) mass is 484 g/mol. The van der Waals surface area contributed by atoms with Gasteiger partial charge in [-0.3, -0.25) is 14.4 Å². The van der Waals surface area contributed by atoms with Gasteiger partial charge in [-0.1, -0.05) is 41.9 Å². The highest BCUT2D eigenvalue weighted by atomic mass is 35.5. The van der Waals surface area contributed by atoms with Crippen LogP contribution in [0.2, 0.25) is 5.02 Å². The summed E-state index contributed by atoms with van der Waals surface area (Å²) in [4.78, 5) is 41.7. The summed E-state index contributed by atoms with van der Waals surface area (Å²) in [7, 11) is 1.65. The van der Waals surface area contributed by atoms with Crippen LogP contribution < -0.4 is 10.9 Å². The molecule has 0 aliphatic carbocycles. The number of hydrogen-bond donors (Lipinski definition) is 1. The van der Waals surface area contributed by atoms with Crippen LogP contribution in [0.3, 0.4) is 0 Å². The molecule has 3 heterocycles. The number of nitrogens with zero attached hydrogens (tertiary/aromatic N) is 3. The smallest absolute Gasteiger partial charge is 0.269 e. The molecule has 0 bridgehead atoms. The molecule has 2 aliphatic heterocycles. The van der Waals surface area contributed by atoms with Crippen LogP contribution in [0.15, 0.2) is 35.1 Å². The minimum Gasteiger partial charge on any atom is -0.349 e. The number of benzene rings is 1. The molecule has 1 N–H and O–H groups in total. The van der Waals surface area contributed by atoms with Crippen molar-refractivity contribution in [1.29, 1.82) is 0 Å². The van der Waals surface area contributed by atoms with Crippen molar-refractivity contribution >= 4 is 23.4 Å². The van der Waals surface area contributed by atoms with Crippen LogP contribution in [-0.2, 0) is 11.8 Å². The van der Waals surface area contributed by atoms with Crippen molar-refractivity contribution in [3.63, 3.8) is 0 Å². The fourth-order valence-corrected chi connectivity index (χ4v) is 5.71. The van der Waals surface area contributed by atoms with Crippen LogP contribution in [0.5, 0.6) is 0 Å². The van der Waals surface area contributed by atoms with Crippen molar-refractivity contribution in [1.82, 2.24) is 19.7 Å². The molecule has 2 aliphatic rings. The Morgan fingerprint density at radius 2 is 1.71 bits per heavy atom. The lowest BCUT2D eigenvalue weighted by atomic mass is 10.0. The number of rotatable bonds is 6. The predicted molar refractivity (Wildman–Crippen MR) is 133 cm³/mol. The Hall–Kier alpha value is -2.64. The number of fused-ring (bicyclic) bond motifs is 1. The van der Waals surface area contributed by atoms with Crippen molar-refractivity contribution in [2.24, 2.45) is 18.9 Å². The Morgan fingerprint density at radius 1 is 1.09 bits per heavy atom. The zero-order valence-electron chi connectivity index (χ0n) is 20.3. The lowest BCUT2D eigenvalue weighted by molar-refractivity contribution is -0.119. The fraction of sp³-hybridized carbons (Fsp3) is 0.500. The van der Waals surface area contributed by atoms with Gasteiger partial charge in [0.05, 0.1) is 11.6 Å². The number of hydrogen-bond acceptors (Lipinski definition) is 4. The number of halogens is 1. The van der Waals surface area contributed by atoms with Crippen LogP contribution in [0.25, 0.3) is 0 Å². The summed E-state index contributed by atoms with van der Waals surface area (Å²) < 4.78 is 1.46. The molecule has 0 saturated carbocycles. The lowest BCUT2D eigenvalue weighted by Gasteiger charge is -2.25. The molecule has 2 saturated heterocycles. The minimum atomic E-state index is -0.268. The van der Waals surface area contributed by atoms with Gasteiger partial charge in [-0.2, -0.15) is 0 Å². The molecular weight excluding hydrogens is 452 g/mol. The quantitative estimate of drug-likeness (QED) is 0.684. The van der Waals surface area contributed by atoms with Gasteiger partial charge in [0.2, 0.25) is 5.91 Å². The average molecular weight is 485 g/mol. The second-order valence-electron chi connectivity index (χ2n) is 9.71. The molecule has 1 aromatic carbocycles. The van der Waals surface area contributed by atoms with Crippen LogP contribution in [0.4, 0.5) is 0 Å². The third kappa shape index (κ3) is 4.77. The maximum Gasteiger partial charge on any atom is 0.269 e. The number of nitrogens with one attached hydrogen (secondary N) is 1. The number of carbonyl (C=O) groups is 2. The van der Waals surface area contributed by atoms with Crippen LogP contribution in [0, 0.1) is 25.7 Å². The standard InChI is InChI=1S/C26H33ClN4O3/c1-16-23(17(2)29(4)26(34)24(16)27)25(33)31-14-20-12-30(13-21(20)15-31)11-10-22(28-18(3)32)19-8-6-5-7-9-19/h5-9,20-22H,10-15H2,1-4H3,(H,28,32)/t20-,21+,22?. The van der Waals surface area contributed by atoms with E-state index in [9.17, 15) is 14.4 Å². The van der Waals surface area contributed by atoms with Gasteiger partial charge >= 0.3 is 0 Å². The van der Waals surface area contributed by atoms with Crippen LogP contribution >= 0.6 is 11.6 Å². The zero-order chi connectivity index (χ0) is 24.6. The van der Waals surface area contributed by atoms with Gasteiger partial charge in [0, 0.05) is 52.4 Å². The van der Waals surface area contributed by atoms with E-state index < -0.39 is 0 Å². The molecule has 2 amide bonds. The summed E-state index contributed by atoms with van der Waals surface area (Å²) in [5, 5.41) is 3.20. The van der Waals surface area contributed by atoms with Gasteiger partial charge in [0.15, 0.2) is 0 Å². The molecule has 0 radical (unpaired) electrons. The largest absolute Gasteiger partial charge is 0.349 e. The van der Waals surface area contributed by atoms with Crippen LogP contribution in [0.1, 0.15) is 46.6 Å². The minimum absolute atomic E-state index is 0.00218. The van der Waals surface area contributed by atoms with Gasteiger partial charge in [-0.05, 0) is 43.2 Å². The average Bonchev–Trinajstić information content (AvgIpc) is 3.38. The maximum absolute atomic E-state index is 13.4. The fourth-order valence-electron chi connectivity index (χ4n) is 5.49. The second-order valence-corrected chi connectivity index (χ2v) is 10.1. The molecule has 7 nitrogen and oxygen atoms in total. The summed E-state index contributed by atoms with van der Waals surface area (Å²) in [5.74, 6) is 0.806. The summed E-state index contributed by atoms with van der Waals surface area (Å²) in [6.45, 7) is 9.33. The number of carbonyl (C=O) groups excluding carboxylic acids is 2. The normalized spacial score (nSPS) is 20.9. The SMILES string of the molecule is CC(=O)NC(CCN1C[C@@H]2CN(C(=O)c3c(C)c(Cl)c(=O)n(C)c3C)C[C@@H]2C1)c1ccccc1. The highest BCUT2D eigenvalue weighted by Crippen LogP contribution is 2.33. The summed E-state index contributed by atoms with van der Waals surface area (Å²) in [6.07, 6.45) is 0.848. The number of pyridine rings is 1. The molecule has 3 atom stereocenters. The van der Waals surface area contributed by atoms with E-state index in [0.29, 0.717) is 41.7 Å². The second kappa shape index (κ2) is 9.92. The number of likely N-dealkylation sites (tertiary alicyclic amines) is 2. The Morgan fingerprint density at radius 3 is 2.29 bits per heavy atom. The molecule has 2 aromatic rings. The van der Waals surface area contributed by atoms with E-state index in [1.807, 2.05) is 23.1 Å². The Balaban J connectivity index is 1.38. The maximum atomic E-state index is 13.4. The Kier molecular flexibility index (Phi) is 7.14. The zero-order valence-corrected chi connectivity index (χ0v) is 21.1. The van der Waals surface area contributed by atoms with E-state index in [1.54, 1.807) is 27.8 Å². The summed E-state index contributed by atoms with van der Waals surface area (Å²) >= 11 is 6.22. The van der Waals surface area contributed by atoms with Crippen molar-refractivity contribution < 1.29 is 9.59 Å². The number of aromatic nitrogens is 1. The molecule has 0 spiro atoms. The molecule has 8 heteroatoms. The predicted octanol–water partition coefficient (Wildman–Crippen LogP) is 2.93. The third-order valence-electron chi connectivity index (χ3n) is 7.44. The molecular formula is C26H33ClN4O3. The van der Waals surface area contributed by atoms with Crippen molar-refractivity contribution in [3.05, 3.63) is 68.1 Å². The molecule has 182 valence electrons. The molecule has 1 aromatic heterocycles. The van der Waals surface area contributed by atoms with Gasteiger partial charge < -0.3 is 19.7 Å². The van der Waals surface area contributed by atoms with Gasteiger partial charge in [-0.15, -0.1) is 0 Å². The highest BCUT2D eigenvalue weighted by Gasteiger charge is 2.42. The van der Waals surface area contributed by atoms with E-state index in [1.165, 1.54) is 4.57 Å². The molecule has 34 heavy (non-hydrogen) atoms. The third-order valence-corrected chi connectivity index (χ3v) is 7.88. The van der Waals surface area contributed by atoms with Gasteiger partial charge in [-0.25, -0.2) is 0 Å². The van der Waals surface area contributed by atoms with E-state index in [-0.39, 0.29) is 28.4 Å². The van der Waals surface area contributed by atoms with Crippen molar-refractivity contribution in [2.45, 2.75) is 33.2 Å². The molecule has 2 fully saturated rings. The first kappa shape index (κ1) is 24.5. The Labute approximate surface area is 205 Å². The van der Waals surface area contributed by atoms with E-state index in [0.717, 1.165) is 31.6 Å².